The van der Waals surface area contributed by atoms with Crippen molar-refractivity contribution < 1.29 is 0 Å². The summed E-state index contributed by atoms with van der Waals surface area (Å²) in [6.07, 6.45) is 7.56. The Bertz CT molecular complexity index is 1210. The fourth-order valence-electron chi connectivity index (χ4n) is 4.71. The third-order valence-electron chi connectivity index (χ3n) is 6.87. The number of nitrogens with two attached hydrogens (primary N) is 1. The van der Waals surface area contributed by atoms with E-state index >= 15 is 0 Å². The number of aliphatic imine (C=N–C) groups is 1. The summed E-state index contributed by atoms with van der Waals surface area (Å²) in [5, 5.41) is 4.61. The SMILES string of the molecule is CC(C)(N)CNc1nc(-c2ccnc3[nH]c(C(C)(C)C)cc23)nc2c1C(C1CCC1)CN=C2. The average molecular weight is 446 g/mol. The quantitative estimate of drug-likeness (QED) is 0.524. The van der Waals surface area contributed by atoms with E-state index in [1.165, 1.54) is 24.8 Å². The van der Waals surface area contributed by atoms with Gasteiger partial charge in [-0.25, -0.2) is 15.0 Å². The zero-order valence-electron chi connectivity index (χ0n) is 20.4. The number of nitrogens with one attached hydrogen (secondary N) is 2. The standard InChI is InChI=1S/C26H35N7/c1-25(2,3)20-11-17-16(9-10-29-22(17)32-20)23-31-19-13-28-12-18(15-7-6-8-15)21(19)24(33-23)30-14-26(4,5)27/h9-11,13,15,18H,6-8,12,14,27H2,1-5H3,(H,29,32)(H,30,31,33). The van der Waals surface area contributed by atoms with Crippen LogP contribution in [0.1, 0.15) is 76.8 Å². The van der Waals surface area contributed by atoms with Crippen LogP contribution >= 0.6 is 0 Å². The minimum absolute atomic E-state index is 0.00322. The van der Waals surface area contributed by atoms with E-state index in [-0.39, 0.29) is 11.0 Å². The maximum atomic E-state index is 6.31. The van der Waals surface area contributed by atoms with Crippen molar-refractivity contribution in [2.24, 2.45) is 16.6 Å². The predicted octanol–water partition coefficient (Wildman–Crippen LogP) is 4.78. The van der Waals surface area contributed by atoms with Crippen molar-refractivity contribution >= 4 is 23.1 Å². The van der Waals surface area contributed by atoms with Crippen LogP contribution in [0.15, 0.2) is 23.3 Å². The van der Waals surface area contributed by atoms with Gasteiger partial charge in [-0.2, -0.15) is 0 Å². The molecule has 0 amide bonds. The molecule has 4 N–H and O–H groups in total. The van der Waals surface area contributed by atoms with Crippen LogP contribution in [0.5, 0.6) is 0 Å². The van der Waals surface area contributed by atoms with Crippen LogP contribution in [0.3, 0.4) is 0 Å². The Morgan fingerprint density at radius 2 is 1.94 bits per heavy atom. The molecule has 3 aromatic rings. The molecule has 1 aliphatic carbocycles. The van der Waals surface area contributed by atoms with Crippen molar-refractivity contribution in [1.82, 2.24) is 19.9 Å². The Kier molecular flexibility index (Phi) is 5.27. The first-order valence-corrected chi connectivity index (χ1v) is 12.0. The topological polar surface area (TPSA) is 105 Å². The van der Waals surface area contributed by atoms with E-state index in [1.54, 1.807) is 0 Å². The van der Waals surface area contributed by atoms with Gasteiger partial charge < -0.3 is 16.0 Å². The van der Waals surface area contributed by atoms with E-state index in [1.807, 2.05) is 32.3 Å². The number of H-pyrrole nitrogens is 1. The third-order valence-corrected chi connectivity index (χ3v) is 6.87. The second kappa shape index (κ2) is 7.90. The highest BCUT2D eigenvalue weighted by Crippen LogP contribution is 2.44. The van der Waals surface area contributed by atoms with Crippen molar-refractivity contribution in [2.75, 3.05) is 18.4 Å². The first kappa shape index (κ1) is 22.0. The molecule has 0 saturated heterocycles. The summed E-state index contributed by atoms with van der Waals surface area (Å²) in [7, 11) is 0. The smallest absolute Gasteiger partial charge is 0.162 e. The van der Waals surface area contributed by atoms with Gasteiger partial charge in [0.25, 0.3) is 0 Å². The van der Waals surface area contributed by atoms with Crippen molar-refractivity contribution in [1.29, 1.82) is 0 Å². The maximum Gasteiger partial charge on any atom is 0.162 e. The molecular weight excluding hydrogens is 410 g/mol. The van der Waals surface area contributed by atoms with Gasteiger partial charge >= 0.3 is 0 Å². The van der Waals surface area contributed by atoms with Crippen LogP contribution in [0.25, 0.3) is 22.4 Å². The number of hydrogen-bond donors (Lipinski definition) is 3. The molecule has 174 valence electrons. The summed E-state index contributed by atoms with van der Waals surface area (Å²) in [6.45, 7) is 12.1. The van der Waals surface area contributed by atoms with E-state index in [0.717, 1.165) is 40.3 Å². The number of anilines is 1. The van der Waals surface area contributed by atoms with Crippen molar-refractivity contribution in [2.45, 2.75) is 70.8 Å². The largest absolute Gasteiger partial charge is 0.368 e. The average Bonchev–Trinajstić information content (AvgIpc) is 3.15. The van der Waals surface area contributed by atoms with Crippen LogP contribution < -0.4 is 11.1 Å². The first-order chi connectivity index (χ1) is 15.6. The Morgan fingerprint density at radius 1 is 1.15 bits per heavy atom. The summed E-state index contributed by atoms with van der Waals surface area (Å²) in [5.41, 5.74) is 11.1. The van der Waals surface area contributed by atoms with Gasteiger partial charge in [0, 0.05) is 64.6 Å². The molecule has 5 rings (SSSR count). The number of fused-ring (bicyclic) bond motifs is 2. The number of aromatic nitrogens is 4. The number of nitrogens with zero attached hydrogens (tertiary/aromatic N) is 4. The molecule has 1 unspecified atom stereocenters. The Morgan fingerprint density at radius 3 is 2.61 bits per heavy atom. The van der Waals surface area contributed by atoms with Crippen molar-refractivity contribution in [3.63, 3.8) is 0 Å². The molecule has 1 atom stereocenters. The molecule has 0 aromatic carbocycles. The second-order valence-electron chi connectivity index (χ2n) is 11.4. The number of pyridine rings is 1. The van der Waals surface area contributed by atoms with Gasteiger partial charge in [0.05, 0.1) is 5.69 Å². The van der Waals surface area contributed by atoms with Crippen LogP contribution in [-0.2, 0) is 5.41 Å². The number of rotatable bonds is 5. The van der Waals surface area contributed by atoms with E-state index in [4.69, 9.17) is 20.7 Å². The number of hydrogen-bond acceptors (Lipinski definition) is 6. The second-order valence-corrected chi connectivity index (χ2v) is 11.4. The van der Waals surface area contributed by atoms with Gasteiger partial charge in [-0.15, -0.1) is 0 Å². The lowest BCUT2D eigenvalue weighted by atomic mass is 9.72. The van der Waals surface area contributed by atoms with Crippen LogP contribution in [-0.4, -0.2) is 44.8 Å². The monoisotopic (exact) mass is 445 g/mol. The lowest BCUT2D eigenvalue weighted by Gasteiger charge is -2.36. The highest BCUT2D eigenvalue weighted by molar-refractivity contribution is 5.93. The summed E-state index contributed by atoms with van der Waals surface area (Å²) in [4.78, 5) is 22.9. The Hall–Kier alpha value is -2.80. The molecule has 0 radical (unpaired) electrons. The highest BCUT2D eigenvalue weighted by Gasteiger charge is 2.34. The highest BCUT2D eigenvalue weighted by atomic mass is 15.1. The minimum atomic E-state index is -0.348. The maximum absolute atomic E-state index is 6.31. The molecular formula is C26H35N7. The zero-order valence-corrected chi connectivity index (χ0v) is 20.4. The Balaban J connectivity index is 1.65. The van der Waals surface area contributed by atoms with Gasteiger partial charge in [0.1, 0.15) is 11.5 Å². The van der Waals surface area contributed by atoms with Crippen LogP contribution in [0.4, 0.5) is 5.82 Å². The minimum Gasteiger partial charge on any atom is -0.368 e. The first-order valence-electron chi connectivity index (χ1n) is 12.0. The molecule has 0 spiro atoms. The summed E-state index contributed by atoms with van der Waals surface area (Å²) >= 11 is 0. The predicted molar refractivity (Wildman–Crippen MR) is 135 cm³/mol. The summed E-state index contributed by atoms with van der Waals surface area (Å²) < 4.78 is 0. The summed E-state index contributed by atoms with van der Waals surface area (Å²) in [6, 6.07) is 4.19. The van der Waals surface area contributed by atoms with Crippen LogP contribution in [0.2, 0.25) is 0 Å². The Labute approximate surface area is 195 Å². The van der Waals surface area contributed by atoms with Gasteiger partial charge in [0.15, 0.2) is 5.82 Å². The molecule has 4 heterocycles. The molecule has 3 aromatic heterocycles. The van der Waals surface area contributed by atoms with Crippen molar-refractivity contribution in [3.05, 3.63) is 35.3 Å². The molecule has 7 heteroatoms. The van der Waals surface area contributed by atoms with Crippen molar-refractivity contribution in [3.8, 4) is 11.4 Å². The normalized spacial score (nSPS) is 18.9. The lowest BCUT2D eigenvalue weighted by molar-refractivity contribution is 0.263. The molecule has 1 fully saturated rings. The van der Waals surface area contributed by atoms with Gasteiger partial charge in [-0.05, 0) is 44.7 Å². The molecule has 2 aliphatic rings. The van der Waals surface area contributed by atoms with Gasteiger partial charge in [0.2, 0.25) is 0 Å². The van der Waals surface area contributed by atoms with E-state index in [0.29, 0.717) is 24.2 Å². The number of aromatic amines is 1. The van der Waals surface area contributed by atoms with Gasteiger partial charge in [-0.3, -0.25) is 4.99 Å². The van der Waals surface area contributed by atoms with Crippen LogP contribution in [0, 0.1) is 5.92 Å². The fraction of sp³-hybridized carbons (Fsp3) is 0.538. The molecule has 33 heavy (non-hydrogen) atoms. The van der Waals surface area contributed by atoms with E-state index < -0.39 is 0 Å². The molecule has 1 aliphatic heterocycles. The van der Waals surface area contributed by atoms with E-state index in [9.17, 15) is 0 Å². The summed E-state index contributed by atoms with van der Waals surface area (Å²) in [5.74, 6) is 2.62. The molecule has 0 bridgehead atoms. The van der Waals surface area contributed by atoms with Gasteiger partial charge in [-0.1, -0.05) is 27.2 Å². The fourth-order valence-corrected chi connectivity index (χ4v) is 4.71. The van der Waals surface area contributed by atoms with E-state index in [2.05, 4.69) is 42.1 Å². The molecule has 1 saturated carbocycles. The zero-order chi connectivity index (χ0) is 23.4. The molecule has 7 nitrogen and oxygen atoms in total. The lowest BCUT2D eigenvalue weighted by Crippen LogP contribution is -2.40. The third kappa shape index (κ3) is 4.26.